The summed E-state index contributed by atoms with van der Waals surface area (Å²) < 4.78 is 5.23. The van der Waals surface area contributed by atoms with Crippen LogP contribution < -0.4 is 10.1 Å². The minimum Gasteiger partial charge on any atom is -0.493 e. The van der Waals surface area contributed by atoms with E-state index in [4.69, 9.17) is 16.3 Å². The van der Waals surface area contributed by atoms with E-state index in [0.717, 1.165) is 25.3 Å². The predicted molar refractivity (Wildman–Crippen MR) is 85.1 cm³/mol. The van der Waals surface area contributed by atoms with Crippen LogP contribution in [-0.2, 0) is 0 Å². The molecule has 1 saturated heterocycles. The second-order valence-electron chi connectivity index (χ2n) is 4.81. The molecule has 1 heterocycles. The van der Waals surface area contributed by atoms with E-state index in [1.165, 1.54) is 0 Å². The summed E-state index contributed by atoms with van der Waals surface area (Å²) in [5.74, 6) is 2.20. The summed E-state index contributed by atoms with van der Waals surface area (Å²) in [5.41, 5.74) is 0.610. The van der Waals surface area contributed by atoms with Crippen LogP contribution in [0.2, 0.25) is 5.02 Å². The summed E-state index contributed by atoms with van der Waals surface area (Å²) in [6.45, 7) is 1.62. The van der Waals surface area contributed by atoms with Crippen LogP contribution >= 0.6 is 23.4 Å². The van der Waals surface area contributed by atoms with Crippen LogP contribution in [0.15, 0.2) is 18.2 Å². The molecular formula is C14H19ClN2O2S. The number of carbonyl (C=O) groups excluding carboxylic acids is 1. The number of hydrogen-bond acceptors (Lipinski definition) is 3. The molecule has 20 heavy (non-hydrogen) atoms. The van der Waals surface area contributed by atoms with E-state index in [-0.39, 0.29) is 6.03 Å². The van der Waals surface area contributed by atoms with Crippen molar-refractivity contribution in [3.05, 3.63) is 23.2 Å². The summed E-state index contributed by atoms with van der Waals surface area (Å²) in [7, 11) is 1.54. The molecule has 1 fully saturated rings. The van der Waals surface area contributed by atoms with E-state index < -0.39 is 0 Å². The molecule has 1 atom stereocenters. The van der Waals surface area contributed by atoms with Crippen molar-refractivity contribution >= 4 is 35.1 Å². The topological polar surface area (TPSA) is 41.6 Å². The molecule has 0 bridgehead atoms. The van der Waals surface area contributed by atoms with Gasteiger partial charge in [0.05, 0.1) is 17.8 Å². The molecule has 4 nitrogen and oxygen atoms in total. The van der Waals surface area contributed by atoms with Crippen molar-refractivity contribution < 1.29 is 9.53 Å². The molecular weight excluding hydrogens is 296 g/mol. The zero-order valence-corrected chi connectivity index (χ0v) is 13.3. The molecule has 1 aliphatic rings. The van der Waals surface area contributed by atoms with Crippen LogP contribution in [0.5, 0.6) is 5.75 Å². The molecule has 0 aliphatic carbocycles. The van der Waals surface area contributed by atoms with Gasteiger partial charge in [-0.2, -0.15) is 11.8 Å². The van der Waals surface area contributed by atoms with Gasteiger partial charge in [-0.1, -0.05) is 17.7 Å². The number of urea groups is 1. The fourth-order valence-corrected chi connectivity index (χ4v) is 3.39. The zero-order chi connectivity index (χ0) is 14.5. The maximum atomic E-state index is 12.3. The highest BCUT2D eigenvalue weighted by Gasteiger charge is 2.26. The third-order valence-corrected chi connectivity index (χ3v) is 4.49. The molecule has 0 radical (unpaired) electrons. The average Bonchev–Trinajstić information content (AvgIpc) is 2.88. The summed E-state index contributed by atoms with van der Waals surface area (Å²) in [6.07, 6.45) is 3.17. The van der Waals surface area contributed by atoms with Gasteiger partial charge in [0.1, 0.15) is 0 Å². The van der Waals surface area contributed by atoms with Crippen molar-refractivity contribution in [3.8, 4) is 5.75 Å². The van der Waals surface area contributed by atoms with Crippen LogP contribution in [0.1, 0.15) is 6.42 Å². The molecule has 1 aromatic carbocycles. The molecule has 2 amide bonds. The van der Waals surface area contributed by atoms with Crippen LogP contribution in [-0.4, -0.2) is 43.1 Å². The van der Waals surface area contributed by atoms with Crippen molar-refractivity contribution in [2.24, 2.45) is 5.92 Å². The van der Waals surface area contributed by atoms with E-state index in [0.29, 0.717) is 22.4 Å². The Labute approximate surface area is 128 Å². The van der Waals surface area contributed by atoms with E-state index in [9.17, 15) is 4.79 Å². The summed E-state index contributed by atoms with van der Waals surface area (Å²) >= 11 is 7.87. The monoisotopic (exact) mass is 314 g/mol. The van der Waals surface area contributed by atoms with E-state index >= 15 is 0 Å². The number of halogens is 1. The number of para-hydroxylation sites is 1. The SMILES string of the molecule is COc1c(Cl)cccc1NC(=O)N1CC[C@H](CSC)C1. The minimum absolute atomic E-state index is 0.0887. The quantitative estimate of drug-likeness (QED) is 0.924. The Morgan fingerprint density at radius 2 is 2.40 bits per heavy atom. The normalized spacial score (nSPS) is 18.1. The number of nitrogens with one attached hydrogen (secondary N) is 1. The van der Waals surface area contributed by atoms with Gasteiger partial charge in [0.25, 0.3) is 0 Å². The molecule has 2 rings (SSSR count). The number of hydrogen-bond donors (Lipinski definition) is 1. The van der Waals surface area contributed by atoms with Gasteiger partial charge in [-0.05, 0) is 36.5 Å². The Kier molecular flexibility index (Phi) is 5.43. The molecule has 6 heteroatoms. The van der Waals surface area contributed by atoms with Crippen molar-refractivity contribution in [3.63, 3.8) is 0 Å². The maximum Gasteiger partial charge on any atom is 0.321 e. The largest absolute Gasteiger partial charge is 0.493 e. The third-order valence-electron chi connectivity index (χ3n) is 3.39. The highest BCUT2D eigenvalue weighted by molar-refractivity contribution is 7.98. The molecule has 1 aliphatic heterocycles. The maximum absolute atomic E-state index is 12.3. The number of amides is 2. The summed E-state index contributed by atoms with van der Waals surface area (Å²) in [6, 6.07) is 5.23. The number of benzene rings is 1. The first-order valence-corrected chi connectivity index (χ1v) is 8.30. The average molecular weight is 315 g/mol. The van der Waals surface area contributed by atoms with Gasteiger partial charge in [0.2, 0.25) is 0 Å². The van der Waals surface area contributed by atoms with Gasteiger partial charge in [0, 0.05) is 13.1 Å². The Balaban J connectivity index is 2.00. The fraction of sp³-hybridized carbons (Fsp3) is 0.500. The number of thioether (sulfide) groups is 1. The minimum atomic E-state index is -0.0887. The predicted octanol–water partition coefficient (Wildman–Crippen LogP) is 3.57. The lowest BCUT2D eigenvalue weighted by atomic mass is 10.2. The van der Waals surface area contributed by atoms with Crippen LogP contribution in [0.25, 0.3) is 0 Å². The van der Waals surface area contributed by atoms with Crippen molar-refractivity contribution in [2.45, 2.75) is 6.42 Å². The van der Waals surface area contributed by atoms with Gasteiger partial charge in [-0.3, -0.25) is 0 Å². The highest BCUT2D eigenvalue weighted by atomic mass is 35.5. The number of methoxy groups -OCH3 is 1. The number of nitrogens with zero attached hydrogens (tertiary/aromatic N) is 1. The third kappa shape index (κ3) is 3.52. The first kappa shape index (κ1) is 15.3. The van der Waals surface area contributed by atoms with Gasteiger partial charge in [-0.15, -0.1) is 0 Å². The van der Waals surface area contributed by atoms with Crippen LogP contribution in [0.4, 0.5) is 10.5 Å². The second-order valence-corrected chi connectivity index (χ2v) is 6.12. The lowest BCUT2D eigenvalue weighted by Crippen LogP contribution is -2.33. The Hall–Kier alpha value is -1.07. The zero-order valence-electron chi connectivity index (χ0n) is 11.7. The van der Waals surface area contributed by atoms with E-state index in [2.05, 4.69) is 11.6 Å². The standard InChI is InChI=1S/C14H19ClN2O2S/c1-19-13-11(15)4-3-5-12(13)16-14(18)17-7-6-10(8-17)9-20-2/h3-5,10H,6-9H2,1-2H3,(H,16,18)/t10-/m0/s1. The molecule has 0 aromatic heterocycles. The van der Waals surface area contributed by atoms with Crippen molar-refractivity contribution in [2.75, 3.05) is 37.5 Å². The van der Waals surface area contributed by atoms with Crippen molar-refractivity contribution in [1.29, 1.82) is 0 Å². The first-order valence-electron chi connectivity index (χ1n) is 6.53. The van der Waals surface area contributed by atoms with Crippen LogP contribution in [0, 0.1) is 5.92 Å². The fourth-order valence-electron chi connectivity index (χ4n) is 2.40. The summed E-state index contributed by atoms with van der Waals surface area (Å²) in [4.78, 5) is 14.1. The number of carbonyl (C=O) groups is 1. The Morgan fingerprint density at radius 1 is 1.60 bits per heavy atom. The number of likely N-dealkylation sites (tertiary alicyclic amines) is 1. The Bertz CT molecular complexity index is 484. The molecule has 0 spiro atoms. The number of rotatable bonds is 4. The molecule has 110 valence electrons. The van der Waals surface area contributed by atoms with Crippen LogP contribution in [0.3, 0.4) is 0 Å². The van der Waals surface area contributed by atoms with Gasteiger partial charge < -0.3 is 15.0 Å². The smallest absolute Gasteiger partial charge is 0.321 e. The molecule has 1 N–H and O–H groups in total. The highest BCUT2D eigenvalue weighted by Crippen LogP contribution is 2.33. The second kappa shape index (κ2) is 7.09. The number of anilines is 1. The lowest BCUT2D eigenvalue weighted by Gasteiger charge is -2.18. The van der Waals surface area contributed by atoms with E-state index in [1.807, 2.05) is 16.7 Å². The van der Waals surface area contributed by atoms with Gasteiger partial charge in [-0.25, -0.2) is 4.79 Å². The van der Waals surface area contributed by atoms with Gasteiger partial charge >= 0.3 is 6.03 Å². The summed E-state index contributed by atoms with van der Waals surface area (Å²) in [5, 5.41) is 3.37. The Morgan fingerprint density at radius 3 is 3.10 bits per heavy atom. The van der Waals surface area contributed by atoms with Crippen molar-refractivity contribution in [1.82, 2.24) is 4.90 Å². The van der Waals surface area contributed by atoms with E-state index in [1.54, 1.807) is 25.3 Å². The lowest BCUT2D eigenvalue weighted by molar-refractivity contribution is 0.221. The first-order chi connectivity index (χ1) is 9.65. The van der Waals surface area contributed by atoms with Gasteiger partial charge in [0.15, 0.2) is 5.75 Å². The molecule has 0 saturated carbocycles. The molecule has 0 unspecified atom stereocenters. The molecule has 1 aromatic rings. The number of ether oxygens (including phenoxy) is 1.